The molecule has 122 valence electrons. The monoisotopic (exact) mass is 302 g/mol. The quantitative estimate of drug-likeness (QED) is 0.925. The Kier molecular flexibility index (Phi) is 5.51. The fourth-order valence-electron chi connectivity index (χ4n) is 3.67. The first-order valence-corrected chi connectivity index (χ1v) is 8.83. The van der Waals surface area contributed by atoms with E-state index in [2.05, 4.69) is 42.3 Å². The van der Waals surface area contributed by atoms with Gasteiger partial charge in [-0.3, -0.25) is 4.90 Å². The van der Waals surface area contributed by atoms with Gasteiger partial charge in [-0.2, -0.15) is 0 Å². The Morgan fingerprint density at radius 3 is 2.45 bits per heavy atom. The van der Waals surface area contributed by atoms with Crippen LogP contribution >= 0.6 is 0 Å². The minimum Gasteiger partial charge on any atom is -0.381 e. The Morgan fingerprint density at radius 1 is 1.05 bits per heavy atom. The van der Waals surface area contributed by atoms with Crippen molar-refractivity contribution in [1.82, 2.24) is 10.2 Å². The predicted molar refractivity (Wildman–Crippen MR) is 91.2 cm³/mol. The zero-order valence-electron chi connectivity index (χ0n) is 14.1. The first-order valence-electron chi connectivity index (χ1n) is 8.83. The first kappa shape index (κ1) is 16.0. The van der Waals surface area contributed by atoms with Gasteiger partial charge in [0.1, 0.15) is 0 Å². The van der Waals surface area contributed by atoms with E-state index >= 15 is 0 Å². The van der Waals surface area contributed by atoms with Gasteiger partial charge in [-0.05, 0) is 63.7 Å². The highest BCUT2D eigenvalue weighted by Crippen LogP contribution is 2.18. The maximum Gasteiger partial charge on any atom is 0.0480 e. The SMILES string of the molecule is Cc1ccc(C)c(CN2CCC(NC3CCOCC3)CC2)c1. The van der Waals surface area contributed by atoms with E-state index in [0.717, 1.165) is 19.8 Å². The average molecular weight is 302 g/mol. The summed E-state index contributed by atoms with van der Waals surface area (Å²) in [7, 11) is 0. The molecule has 3 heteroatoms. The molecule has 0 unspecified atom stereocenters. The number of nitrogens with zero attached hydrogens (tertiary/aromatic N) is 1. The highest BCUT2D eigenvalue weighted by molar-refractivity contribution is 5.30. The fourth-order valence-corrected chi connectivity index (χ4v) is 3.67. The largest absolute Gasteiger partial charge is 0.381 e. The topological polar surface area (TPSA) is 24.5 Å². The van der Waals surface area contributed by atoms with Crippen molar-refractivity contribution in [2.45, 2.75) is 58.2 Å². The van der Waals surface area contributed by atoms with Gasteiger partial charge in [-0.1, -0.05) is 23.8 Å². The molecule has 22 heavy (non-hydrogen) atoms. The number of likely N-dealkylation sites (tertiary alicyclic amines) is 1. The molecular formula is C19H30N2O. The Balaban J connectivity index is 1.46. The number of rotatable bonds is 4. The van der Waals surface area contributed by atoms with Crippen LogP contribution in [0.25, 0.3) is 0 Å². The van der Waals surface area contributed by atoms with Crippen molar-refractivity contribution in [2.24, 2.45) is 0 Å². The number of aryl methyl sites for hydroxylation is 2. The molecule has 0 bridgehead atoms. The Labute approximate surface area is 135 Å². The van der Waals surface area contributed by atoms with Gasteiger partial charge in [-0.25, -0.2) is 0 Å². The molecule has 2 aliphatic heterocycles. The lowest BCUT2D eigenvalue weighted by atomic mass is 9.99. The smallest absolute Gasteiger partial charge is 0.0480 e. The predicted octanol–water partition coefficient (Wildman–Crippen LogP) is 3.04. The lowest BCUT2D eigenvalue weighted by Gasteiger charge is -2.35. The first-order chi connectivity index (χ1) is 10.7. The van der Waals surface area contributed by atoms with Gasteiger partial charge in [0, 0.05) is 31.8 Å². The van der Waals surface area contributed by atoms with Crippen LogP contribution < -0.4 is 5.32 Å². The lowest BCUT2D eigenvalue weighted by Crippen LogP contribution is -2.47. The van der Waals surface area contributed by atoms with Crippen molar-refractivity contribution >= 4 is 0 Å². The summed E-state index contributed by atoms with van der Waals surface area (Å²) in [5, 5.41) is 3.86. The Bertz CT molecular complexity index is 474. The van der Waals surface area contributed by atoms with Crippen LogP contribution in [-0.2, 0) is 11.3 Å². The Hall–Kier alpha value is -0.900. The molecule has 1 aromatic carbocycles. The van der Waals surface area contributed by atoms with Gasteiger partial charge in [0.15, 0.2) is 0 Å². The van der Waals surface area contributed by atoms with E-state index in [1.165, 1.54) is 55.5 Å². The molecule has 0 aliphatic carbocycles. The van der Waals surface area contributed by atoms with Gasteiger partial charge in [0.25, 0.3) is 0 Å². The highest BCUT2D eigenvalue weighted by Gasteiger charge is 2.23. The number of nitrogens with one attached hydrogen (secondary N) is 1. The molecule has 0 aromatic heterocycles. The molecule has 2 fully saturated rings. The molecule has 1 aromatic rings. The van der Waals surface area contributed by atoms with Crippen molar-refractivity contribution in [1.29, 1.82) is 0 Å². The zero-order chi connectivity index (χ0) is 15.4. The van der Waals surface area contributed by atoms with E-state index in [4.69, 9.17) is 4.74 Å². The number of benzene rings is 1. The summed E-state index contributed by atoms with van der Waals surface area (Å²) in [6.07, 6.45) is 4.93. The molecule has 3 nitrogen and oxygen atoms in total. The summed E-state index contributed by atoms with van der Waals surface area (Å²) in [6.45, 7) is 9.83. The summed E-state index contributed by atoms with van der Waals surface area (Å²) < 4.78 is 5.44. The van der Waals surface area contributed by atoms with Crippen molar-refractivity contribution in [3.8, 4) is 0 Å². The molecule has 2 aliphatic rings. The third kappa shape index (κ3) is 4.31. The molecule has 2 heterocycles. The second kappa shape index (κ2) is 7.58. The third-order valence-corrected chi connectivity index (χ3v) is 5.18. The molecule has 0 radical (unpaired) electrons. The van der Waals surface area contributed by atoms with Gasteiger partial charge >= 0.3 is 0 Å². The molecule has 2 saturated heterocycles. The van der Waals surface area contributed by atoms with E-state index in [1.807, 2.05) is 0 Å². The number of piperidine rings is 1. The number of hydrogen-bond acceptors (Lipinski definition) is 3. The summed E-state index contributed by atoms with van der Waals surface area (Å²) in [6, 6.07) is 8.21. The van der Waals surface area contributed by atoms with Crippen LogP contribution in [0.1, 0.15) is 42.4 Å². The molecule has 0 spiro atoms. The highest BCUT2D eigenvalue weighted by atomic mass is 16.5. The second-order valence-corrected chi connectivity index (χ2v) is 7.03. The number of hydrogen-bond donors (Lipinski definition) is 1. The van der Waals surface area contributed by atoms with Crippen molar-refractivity contribution in [3.05, 3.63) is 34.9 Å². The summed E-state index contributed by atoms with van der Waals surface area (Å²) in [5.41, 5.74) is 4.29. The molecule has 0 saturated carbocycles. The molecule has 1 N–H and O–H groups in total. The van der Waals surface area contributed by atoms with Crippen LogP contribution in [0.2, 0.25) is 0 Å². The van der Waals surface area contributed by atoms with Crippen LogP contribution in [0.5, 0.6) is 0 Å². The van der Waals surface area contributed by atoms with E-state index in [9.17, 15) is 0 Å². The van der Waals surface area contributed by atoms with Crippen LogP contribution in [0, 0.1) is 13.8 Å². The molecule has 3 rings (SSSR count). The van der Waals surface area contributed by atoms with Crippen molar-refractivity contribution in [2.75, 3.05) is 26.3 Å². The normalized spacial score (nSPS) is 22.1. The van der Waals surface area contributed by atoms with Crippen LogP contribution in [0.4, 0.5) is 0 Å². The van der Waals surface area contributed by atoms with Crippen molar-refractivity contribution < 1.29 is 4.74 Å². The minimum atomic E-state index is 0.685. The van der Waals surface area contributed by atoms with Crippen LogP contribution in [0.15, 0.2) is 18.2 Å². The van der Waals surface area contributed by atoms with Crippen LogP contribution in [-0.4, -0.2) is 43.3 Å². The van der Waals surface area contributed by atoms with E-state index in [-0.39, 0.29) is 0 Å². The fraction of sp³-hybridized carbons (Fsp3) is 0.684. The third-order valence-electron chi connectivity index (χ3n) is 5.18. The van der Waals surface area contributed by atoms with Gasteiger partial charge in [0.2, 0.25) is 0 Å². The van der Waals surface area contributed by atoms with Gasteiger partial charge in [-0.15, -0.1) is 0 Å². The van der Waals surface area contributed by atoms with E-state index in [1.54, 1.807) is 0 Å². The maximum absolute atomic E-state index is 5.44. The number of ether oxygens (including phenoxy) is 1. The second-order valence-electron chi connectivity index (χ2n) is 7.03. The van der Waals surface area contributed by atoms with E-state index < -0.39 is 0 Å². The summed E-state index contributed by atoms with van der Waals surface area (Å²) in [4.78, 5) is 2.62. The van der Waals surface area contributed by atoms with Gasteiger partial charge < -0.3 is 10.1 Å². The standard InChI is InChI=1S/C19H30N2O/c1-15-3-4-16(2)17(13-15)14-21-9-5-18(6-10-21)20-19-7-11-22-12-8-19/h3-4,13,18-20H,5-12,14H2,1-2H3. The maximum atomic E-state index is 5.44. The van der Waals surface area contributed by atoms with Gasteiger partial charge in [0.05, 0.1) is 0 Å². The zero-order valence-corrected chi connectivity index (χ0v) is 14.1. The summed E-state index contributed by atoms with van der Waals surface area (Å²) in [5.74, 6) is 0. The van der Waals surface area contributed by atoms with Crippen LogP contribution in [0.3, 0.4) is 0 Å². The Morgan fingerprint density at radius 2 is 1.73 bits per heavy atom. The van der Waals surface area contributed by atoms with E-state index in [0.29, 0.717) is 12.1 Å². The lowest BCUT2D eigenvalue weighted by molar-refractivity contribution is 0.0703. The average Bonchev–Trinajstić information content (AvgIpc) is 2.54. The minimum absolute atomic E-state index is 0.685. The molecular weight excluding hydrogens is 272 g/mol. The summed E-state index contributed by atoms with van der Waals surface area (Å²) >= 11 is 0. The molecule has 0 amide bonds. The van der Waals surface area contributed by atoms with Crippen molar-refractivity contribution in [3.63, 3.8) is 0 Å². The molecule has 0 atom stereocenters.